The van der Waals surface area contributed by atoms with Crippen molar-refractivity contribution in [1.29, 1.82) is 0 Å². The predicted molar refractivity (Wildman–Crippen MR) is 70.8 cm³/mol. The Labute approximate surface area is 107 Å². The number of aromatic nitrogens is 1. The molecular weight excluding hydrogens is 248 g/mol. The summed E-state index contributed by atoms with van der Waals surface area (Å²) in [5, 5.41) is 3.92. The van der Waals surface area contributed by atoms with Crippen molar-refractivity contribution in [2.75, 3.05) is 0 Å². The van der Waals surface area contributed by atoms with Crippen molar-refractivity contribution >= 4 is 39.8 Å². The number of pyridine rings is 1. The molecule has 2 aromatic rings. The minimum atomic E-state index is -0.337. The molecule has 2 amide bonds. The summed E-state index contributed by atoms with van der Waals surface area (Å²) in [6.07, 6.45) is 5.20. The molecule has 1 aliphatic rings. The first kappa shape index (κ1) is 11.0. The number of rotatable bonds is 1. The first-order valence-electron chi connectivity index (χ1n) is 5.31. The van der Waals surface area contributed by atoms with E-state index in [4.69, 9.17) is 0 Å². The summed E-state index contributed by atoms with van der Waals surface area (Å²) in [5.74, 6) is -0.337. The molecule has 0 saturated carbocycles. The van der Waals surface area contributed by atoms with Crippen molar-refractivity contribution in [3.8, 4) is 0 Å². The zero-order valence-electron chi connectivity index (χ0n) is 9.21. The van der Waals surface area contributed by atoms with Crippen LogP contribution in [0.3, 0.4) is 0 Å². The van der Waals surface area contributed by atoms with Gasteiger partial charge in [0.25, 0.3) is 11.1 Å². The topological polar surface area (TPSA) is 59.1 Å². The molecule has 0 atom stereocenters. The largest absolute Gasteiger partial charge is 0.290 e. The van der Waals surface area contributed by atoms with Crippen LogP contribution >= 0.6 is 11.8 Å². The third-order valence-corrected chi connectivity index (χ3v) is 3.45. The number of fused-ring (bicyclic) bond motifs is 1. The van der Waals surface area contributed by atoms with Gasteiger partial charge in [0.1, 0.15) is 0 Å². The maximum absolute atomic E-state index is 11.5. The molecule has 0 spiro atoms. The minimum Gasteiger partial charge on any atom is -0.282 e. The average Bonchev–Trinajstić information content (AvgIpc) is 2.68. The molecule has 4 nitrogen and oxygen atoms in total. The normalized spacial score (nSPS) is 17.4. The Balaban J connectivity index is 2.13. The lowest BCUT2D eigenvalue weighted by Crippen LogP contribution is -2.17. The molecule has 3 rings (SSSR count). The smallest absolute Gasteiger partial charge is 0.282 e. The fourth-order valence-corrected chi connectivity index (χ4v) is 2.51. The molecule has 0 aliphatic carbocycles. The van der Waals surface area contributed by atoms with Crippen LogP contribution in [0, 0.1) is 0 Å². The van der Waals surface area contributed by atoms with Crippen LogP contribution in [0.5, 0.6) is 0 Å². The van der Waals surface area contributed by atoms with E-state index in [1.165, 1.54) is 0 Å². The second-order valence-electron chi connectivity index (χ2n) is 3.80. The molecular formula is C13H8N2O2S. The zero-order valence-corrected chi connectivity index (χ0v) is 10.0. The molecule has 18 heavy (non-hydrogen) atoms. The molecule has 0 bridgehead atoms. The minimum absolute atomic E-state index is 0.326. The SMILES string of the molecule is O=C1NC(=O)/C(=C\c2cccc3cnccc23)S1. The van der Waals surface area contributed by atoms with E-state index in [2.05, 4.69) is 10.3 Å². The number of carbonyl (C=O) groups is 2. The lowest BCUT2D eigenvalue weighted by atomic mass is 10.1. The number of thioether (sulfide) groups is 1. The Morgan fingerprint density at radius 2 is 2.11 bits per heavy atom. The van der Waals surface area contributed by atoms with E-state index >= 15 is 0 Å². The molecule has 1 aromatic heterocycles. The van der Waals surface area contributed by atoms with Crippen molar-refractivity contribution in [2.45, 2.75) is 0 Å². The predicted octanol–water partition coefficient (Wildman–Crippen LogP) is 2.56. The Morgan fingerprint density at radius 1 is 1.22 bits per heavy atom. The third kappa shape index (κ3) is 1.89. The number of nitrogens with one attached hydrogen (secondary N) is 1. The van der Waals surface area contributed by atoms with Crippen molar-refractivity contribution < 1.29 is 9.59 Å². The third-order valence-electron chi connectivity index (χ3n) is 2.64. The van der Waals surface area contributed by atoms with Crippen LogP contribution < -0.4 is 5.32 Å². The van der Waals surface area contributed by atoms with Crippen LogP contribution in [-0.2, 0) is 4.79 Å². The number of amides is 2. The highest BCUT2D eigenvalue weighted by atomic mass is 32.2. The van der Waals surface area contributed by atoms with Gasteiger partial charge in [-0.25, -0.2) is 0 Å². The molecule has 2 heterocycles. The van der Waals surface area contributed by atoms with Gasteiger partial charge in [-0.15, -0.1) is 0 Å². The van der Waals surface area contributed by atoms with Crippen molar-refractivity contribution in [3.05, 3.63) is 47.1 Å². The number of imide groups is 1. The van der Waals surface area contributed by atoms with Crippen LogP contribution in [0.1, 0.15) is 5.56 Å². The zero-order chi connectivity index (χ0) is 12.5. The standard InChI is InChI=1S/C13H8N2O2S/c16-12-11(18-13(17)15-12)6-8-2-1-3-9-7-14-5-4-10(8)9/h1-7H,(H,15,16,17)/b11-6+. The first-order chi connectivity index (χ1) is 8.74. The monoisotopic (exact) mass is 256 g/mol. The number of carbonyl (C=O) groups excluding carboxylic acids is 2. The van der Waals surface area contributed by atoms with Gasteiger partial charge in [0.15, 0.2) is 0 Å². The molecule has 1 fully saturated rings. The van der Waals surface area contributed by atoms with Gasteiger partial charge in [-0.05, 0) is 34.9 Å². The lowest BCUT2D eigenvalue weighted by molar-refractivity contribution is -0.115. The molecule has 1 aromatic carbocycles. The van der Waals surface area contributed by atoms with Crippen LogP contribution in [-0.4, -0.2) is 16.1 Å². The molecule has 0 unspecified atom stereocenters. The van der Waals surface area contributed by atoms with Gasteiger partial charge < -0.3 is 0 Å². The number of hydrogen-bond acceptors (Lipinski definition) is 4. The van der Waals surface area contributed by atoms with Gasteiger partial charge in [0.05, 0.1) is 4.91 Å². The van der Waals surface area contributed by atoms with Gasteiger partial charge in [-0.3, -0.25) is 19.9 Å². The fraction of sp³-hybridized carbons (Fsp3) is 0. The van der Waals surface area contributed by atoms with E-state index in [0.717, 1.165) is 28.1 Å². The Bertz CT molecular complexity index is 689. The van der Waals surface area contributed by atoms with Gasteiger partial charge in [-0.1, -0.05) is 18.2 Å². The second kappa shape index (κ2) is 4.27. The summed E-state index contributed by atoms with van der Waals surface area (Å²) in [6.45, 7) is 0. The molecule has 1 aliphatic heterocycles. The average molecular weight is 256 g/mol. The van der Waals surface area contributed by atoms with Crippen molar-refractivity contribution in [3.63, 3.8) is 0 Å². The Hall–Kier alpha value is -2.14. The maximum Gasteiger partial charge on any atom is 0.290 e. The Morgan fingerprint density at radius 3 is 2.89 bits per heavy atom. The van der Waals surface area contributed by atoms with E-state index in [0.29, 0.717) is 4.91 Å². The second-order valence-corrected chi connectivity index (χ2v) is 4.81. The first-order valence-corrected chi connectivity index (χ1v) is 6.13. The summed E-state index contributed by atoms with van der Waals surface area (Å²) >= 11 is 0.923. The highest BCUT2D eigenvalue weighted by Crippen LogP contribution is 2.28. The van der Waals surface area contributed by atoms with E-state index in [9.17, 15) is 9.59 Å². The molecule has 88 valence electrons. The van der Waals surface area contributed by atoms with Crippen molar-refractivity contribution in [2.24, 2.45) is 0 Å². The highest BCUT2D eigenvalue weighted by molar-refractivity contribution is 8.18. The van der Waals surface area contributed by atoms with E-state index in [1.807, 2.05) is 24.3 Å². The highest BCUT2D eigenvalue weighted by Gasteiger charge is 2.25. The lowest BCUT2D eigenvalue weighted by Gasteiger charge is -2.01. The summed E-state index contributed by atoms with van der Waals surface area (Å²) in [7, 11) is 0. The quantitative estimate of drug-likeness (QED) is 0.797. The van der Waals surface area contributed by atoms with Crippen LogP contribution in [0.25, 0.3) is 16.8 Å². The fourth-order valence-electron chi connectivity index (χ4n) is 1.84. The van der Waals surface area contributed by atoms with Crippen LogP contribution in [0.4, 0.5) is 4.79 Å². The van der Waals surface area contributed by atoms with Crippen LogP contribution in [0.2, 0.25) is 0 Å². The molecule has 5 heteroatoms. The number of hydrogen-bond donors (Lipinski definition) is 1. The molecule has 1 N–H and O–H groups in total. The molecule has 0 radical (unpaired) electrons. The summed E-state index contributed by atoms with van der Waals surface area (Å²) < 4.78 is 0. The summed E-state index contributed by atoms with van der Waals surface area (Å²) in [5.41, 5.74) is 0.905. The van der Waals surface area contributed by atoms with Gasteiger partial charge in [0, 0.05) is 17.8 Å². The number of benzene rings is 1. The summed E-state index contributed by atoms with van der Waals surface area (Å²) in [6, 6.07) is 7.65. The maximum atomic E-state index is 11.5. The Kier molecular flexibility index (Phi) is 2.60. The van der Waals surface area contributed by atoms with Gasteiger partial charge >= 0.3 is 0 Å². The van der Waals surface area contributed by atoms with Crippen molar-refractivity contribution in [1.82, 2.24) is 10.3 Å². The van der Waals surface area contributed by atoms with E-state index in [1.54, 1.807) is 18.5 Å². The number of nitrogens with zero attached hydrogens (tertiary/aromatic N) is 1. The van der Waals surface area contributed by atoms with Crippen LogP contribution in [0.15, 0.2) is 41.6 Å². The molecule has 1 saturated heterocycles. The van der Waals surface area contributed by atoms with Gasteiger partial charge in [-0.2, -0.15) is 0 Å². The van der Waals surface area contributed by atoms with Gasteiger partial charge in [0.2, 0.25) is 0 Å². The summed E-state index contributed by atoms with van der Waals surface area (Å²) in [4.78, 5) is 27.1. The van der Waals surface area contributed by atoms with E-state index in [-0.39, 0.29) is 11.1 Å². The van der Waals surface area contributed by atoms with E-state index < -0.39 is 0 Å².